The summed E-state index contributed by atoms with van der Waals surface area (Å²) in [5.41, 5.74) is 0. The van der Waals surface area contributed by atoms with Crippen LogP contribution in [-0.2, 0) is 9.59 Å². The molecule has 2 N–H and O–H groups in total. The van der Waals surface area contributed by atoms with Gasteiger partial charge in [-0.1, -0.05) is 27.2 Å². The summed E-state index contributed by atoms with van der Waals surface area (Å²) in [6.45, 7) is 7.60. The van der Waals surface area contributed by atoms with E-state index in [1.54, 1.807) is 4.90 Å². The highest BCUT2D eigenvalue weighted by atomic mass is 16.4. The van der Waals surface area contributed by atoms with Crippen LogP contribution >= 0.6 is 0 Å². The van der Waals surface area contributed by atoms with Crippen LogP contribution in [0, 0.1) is 5.92 Å². The molecule has 1 fully saturated rings. The molecule has 5 heteroatoms. The lowest BCUT2D eigenvalue weighted by Crippen LogP contribution is -2.50. The van der Waals surface area contributed by atoms with Crippen molar-refractivity contribution in [1.29, 1.82) is 0 Å². The van der Waals surface area contributed by atoms with Crippen LogP contribution in [0.2, 0.25) is 0 Å². The summed E-state index contributed by atoms with van der Waals surface area (Å²) in [7, 11) is 0. The van der Waals surface area contributed by atoms with Crippen LogP contribution in [0.3, 0.4) is 0 Å². The number of aliphatic carboxylic acids is 1. The van der Waals surface area contributed by atoms with Gasteiger partial charge in [0.1, 0.15) is 6.04 Å². The Bertz CT molecular complexity index is 331. The van der Waals surface area contributed by atoms with Crippen molar-refractivity contribution in [3.63, 3.8) is 0 Å². The van der Waals surface area contributed by atoms with Gasteiger partial charge in [0.25, 0.3) is 0 Å². The Morgan fingerprint density at radius 1 is 1.40 bits per heavy atom. The molecule has 1 aliphatic heterocycles. The van der Waals surface area contributed by atoms with E-state index in [0.717, 1.165) is 25.8 Å². The molecule has 0 aromatic heterocycles. The maximum atomic E-state index is 12.2. The van der Waals surface area contributed by atoms with Crippen molar-refractivity contribution in [2.45, 2.75) is 65.0 Å². The zero-order valence-corrected chi connectivity index (χ0v) is 12.9. The molecule has 0 aromatic carbocycles. The van der Waals surface area contributed by atoms with E-state index < -0.39 is 12.0 Å². The Balaban J connectivity index is 2.46. The predicted octanol–water partition coefficient (Wildman–Crippen LogP) is 1.87. The molecule has 0 radical (unpaired) electrons. The molecule has 0 spiro atoms. The van der Waals surface area contributed by atoms with Gasteiger partial charge < -0.3 is 15.3 Å². The van der Waals surface area contributed by atoms with Crippen LogP contribution in [0.25, 0.3) is 0 Å². The second-order valence-corrected chi connectivity index (χ2v) is 5.95. The van der Waals surface area contributed by atoms with E-state index in [0.29, 0.717) is 31.3 Å². The first kappa shape index (κ1) is 17.0. The molecular weight excluding hydrogens is 256 g/mol. The monoisotopic (exact) mass is 284 g/mol. The Morgan fingerprint density at radius 3 is 2.65 bits per heavy atom. The van der Waals surface area contributed by atoms with Gasteiger partial charge in [0.15, 0.2) is 0 Å². The summed E-state index contributed by atoms with van der Waals surface area (Å²) >= 11 is 0. The number of likely N-dealkylation sites (tertiary alicyclic amines) is 1. The number of carboxylic acid groups (broad SMARTS) is 1. The topological polar surface area (TPSA) is 69.6 Å². The third-order valence-electron chi connectivity index (χ3n) is 4.01. The fourth-order valence-electron chi connectivity index (χ4n) is 2.72. The summed E-state index contributed by atoms with van der Waals surface area (Å²) in [5, 5.41) is 12.6. The van der Waals surface area contributed by atoms with Crippen molar-refractivity contribution in [3.8, 4) is 0 Å². The van der Waals surface area contributed by atoms with Crippen LogP contribution in [0.4, 0.5) is 0 Å². The number of amides is 1. The second kappa shape index (κ2) is 8.25. The number of hydrogen-bond donors (Lipinski definition) is 2. The highest BCUT2D eigenvalue weighted by Gasteiger charge is 2.35. The quantitative estimate of drug-likeness (QED) is 0.700. The Labute approximate surface area is 121 Å². The number of piperidine rings is 1. The molecule has 2 atom stereocenters. The van der Waals surface area contributed by atoms with Gasteiger partial charge >= 0.3 is 5.97 Å². The maximum Gasteiger partial charge on any atom is 0.326 e. The van der Waals surface area contributed by atoms with E-state index in [1.807, 2.05) is 0 Å². The van der Waals surface area contributed by atoms with Crippen LogP contribution in [-0.4, -0.2) is 47.1 Å². The van der Waals surface area contributed by atoms with Crippen LogP contribution in [0.15, 0.2) is 0 Å². The molecule has 2 unspecified atom stereocenters. The van der Waals surface area contributed by atoms with Gasteiger partial charge in [-0.15, -0.1) is 0 Å². The average Bonchev–Trinajstić information content (AvgIpc) is 2.42. The van der Waals surface area contributed by atoms with Gasteiger partial charge in [0.2, 0.25) is 5.91 Å². The predicted molar refractivity (Wildman–Crippen MR) is 78.5 cm³/mol. The minimum Gasteiger partial charge on any atom is -0.480 e. The summed E-state index contributed by atoms with van der Waals surface area (Å²) in [6, 6.07) is -0.212. The third-order valence-corrected chi connectivity index (χ3v) is 4.01. The van der Waals surface area contributed by atoms with Gasteiger partial charge in [-0.05, 0) is 31.7 Å². The van der Waals surface area contributed by atoms with Crippen molar-refractivity contribution in [2.24, 2.45) is 5.92 Å². The lowest BCUT2D eigenvalue weighted by atomic mass is 9.88. The van der Waals surface area contributed by atoms with Crippen molar-refractivity contribution < 1.29 is 14.7 Å². The number of carbonyl (C=O) groups excluding carboxylic acids is 1. The first-order valence-electron chi connectivity index (χ1n) is 7.71. The molecule has 5 nitrogen and oxygen atoms in total. The normalized spacial score (nSPS) is 23.1. The van der Waals surface area contributed by atoms with E-state index in [-0.39, 0.29) is 5.91 Å². The maximum absolute atomic E-state index is 12.2. The standard InChI is InChI=1S/C15H28N2O3/c1-4-12-7-9-17(13(10-12)15(19)20)14(18)6-5-8-16-11(2)3/h11-13,16H,4-10H2,1-3H3,(H,19,20). The summed E-state index contributed by atoms with van der Waals surface area (Å²) < 4.78 is 0. The van der Waals surface area contributed by atoms with Gasteiger partial charge in [-0.25, -0.2) is 4.79 Å². The van der Waals surface area contributed by atoms with Crippen LogP contribution in [0.5, 0.6) is 0 Å². The highest BCUT2D eigenvalue weighted by Crippen LogP contribution is 2.26. The molecule has 0 bridgehead atoms. The SMILES string of the molecule is CCC1CCN(C(=O)CCCNC(C)C)C(C(=O)O)C1. The molecule has 0 aliphatic carbocycles. The van der Waals surface area contributed by atoms with Gasteiger partial charge in [-0.2, -0.15) is 0 Å². The molecular formula is C15H28N2O3. The number of rotatable bonds is 7. The van der Waals surface area contributed by atoms with Gasteiger partial charge in [-0.3, -0.25) is 4.79 Å². The summed E-state index contributed by atoms with van der Waals surface area (Å²) in [4.78, 5) is 25.1. The van der Waals surface area contributed by atoms with E-state index in [4.69, 9.17) is 0 Å². The van der Waals surface area contributed by atoms with E-state index in [9.17, 15) is 14.7 Å². The summed E-state index contributed by atoms with van der Waals surface area (Å²) in [5.74, 6) is -0.447. The van der Waals surface area contributed by atoms with Crippen LogP contribution < -0.4 is 5.32 Å². The second-order valence-electron chi connectivity index (χ2n) is 5.95. The minimum absolute atomic E-state index is 0.0162. The zero-order valence-electron chi connectivity index (χ0n) is 12.9. The highest BCUT2D eigenvalue weighted by molar-refractivity contribution is 5.83. The number of hydrogen-bond acceptors (Lipinski definition) is 3. The number of nitrogens with one attached hydrogen (secondary N) is 1. The number of nitrogens with zero attached hydrogens (tertiary/aromatic N) is 1. The smallest absolute Gasteiger partial charge is 0.326 e. The molecule has 0 aromatic rings. The Kier molecular flexibility index (Phi) is 6.99. The first-order chi connectivity index (χ1) is 9.45. The molecule has 0 saturated carbocycles. The number of carboxylic acids is 1. The Morgan fingerprint density at radius 2 is 2.10 bits per heavy atom. The molecule has 1 amide bonds. The van der Waals surface area contributed by atoms with Crippen molar-refractivity contribution in [2.75, 3.05) is 13.1 Å². The third kappa shape index (κ3) is 5.12. The average molecular weight is 284 g/mol. The molecule has 1 rings (SSSR count). The fraction of sp³-hybridized carbons (Fsp3) is 0.867. The van der Waals surface area contributed by atoms with Gasteiger partial charge in [0, 0.05) is 19.0 Å². The zero-order chi connectivity index (χ0) is 15.1. The lowest BCUT2D eigenvalue weighted by Gasteiger charge is -2.37. The van der Waals surface area contributed by atoms with E-state index in [1.165, 1.54) is 0 Å². The number of carbonyl (C=O) groups is 2. The van der Waals surface area contributed by atoms with Crippen molar-refractivity contribution in [1.82, 2.24) is 10.2 Å². The van der Waals surface area contributed by atoms with E-state index >= 15 is 0 Å². The largest absolute Gasteiger partial charge is 0.480 e. The van der Waals surface area contributed by atoms with Crippen molar-refractivity contribution >= 4 is 11.9 Å². The van der Waals surface area contributed by atoms with Crippen LogP contribution in [0.1, 0.15) is 52.9 Å². The van der Waals surface area contributed by atoms with Crippen molar-refractivity contribution in [3.05, 3.63) is 0 Å². The fourth-order valence-corrected chi connectivity index (χ4v) is 2.72. The Hall–Kier alpha value is -1.10. The van der Waals surface area contributed by atoms with Gasteiger partial charge in [0.05, 0.1) is 0 Å². The minimum atomic E-state index is -0.864. The molecule has 116 valence electrons. The molecule has 1 saturated heterocycles. The molecule has 20 heavy (non-hydrogen) atoms. The first-order valence-corrected chi connectivity index (χ1v) is 7.71. The lowest BCUT2D eigenvalue weighted by molar-refractivity contribution is -0.153. The summed E-state index contributed by atoms with van der Waals surface area (Å²) in [6.07, 6.45) is 3.71. The molecule has 1 heterocycles. The van der Waals surface area contributed by atoms with E-state index in [2.05, 4.69) is 26.1 Å². The molecule has 1 aliphatic rings.